The molecule has 0 bridgehead atoms. The molecule has 0 unspecified atom stereocenters. The van der Waals surface area contributed by atoms with Gasteiger partial charge in [-0.3, -0.25) is 9.59 Å². The number of hydrogen-bond donors (Lipinski definition) is 1. The number of para-hydroxylation sites is 1. The second kappa shape index (κ2) is 9.03. The zero-order chi connectivity index (χ0) is 19.9. The van der Waals surface area contributed by atoms with Gasteiger partial charge in [0.1, 0.15) is 5.75 Å². The quantitative estimate of drug-likeness (QED) is 0.744. The number of carbonyl (C=O) groups is 3. The van der Waals surface area contributed by atoms with Crippen LogP contribution in [0.4, 0.5) is 11.4 Å². The minimum absolute atomic E-state index is 0.0199. The summed E-state index contributed by atoms with van der Waals surface area (Å²) < 4.78 is 10.5. The maximum atomic E-state index is 12.4. The first-order chi connectivity index (χ1) is 13.6. The van der Waals surface area contributed by atoms with Crippen LogP contribution in [0.2, 0.25) is 0 Å². The van der Waals surface area contributed by atoms with Crippen molar-refractivity contribution in [1.29, 1.82) is 0 Å². The van der Waals surface area contributed by atoms with E-state index in [0.717, 1.165) is 6.42 Å². The maximum Gasteiger partial charge on any atom is 0.340 e. The molecule has 1 N–H and O–H groups in total. The van der Waals surface area contributed by atoms with E-state index in [0.29, 0.717) is 36.7 Å². The van der Waals surface area contributed by atoms with Crippen LogP contribution in [0.1, 0.15) is 30.1 Å². The van der Waals surface area contributed by atoms with E-state index >= 15 is 0 Å². The van der Waals surface area contributed by atoms with Crippen molar-refractivity contribution in [3.8, 4) is 5.75 Å². The highest BCUT2D eigenvalue weighted by Crippen LogP contribution is 2.26. The van der Waals surface area contributed by atoms with Gasteiger partial charge in [0.2, 0.25) is 5.91 Å². The number of ether oxygens (including phenoxy) is 2. The molecule has 3 rings (SSSR count). The molecular formula is C21H22N2O5. The standard InChI is InChI=1S/C21H22N2O5/c1-2-27-16-11-9-15(10-12-16)22-19(24)14-28-21(26)17-6-3-4-7-18(17)23-13-5-8-20(23)25/h3-4,6-7,9-12H,2,5,8,13-14H2,1H3,(H,22,24). The van der Waals surface area contributed by atoms with Crippen molar-refractivity contribution in [2.24, 2.45) is 0 Å². The summed E-state index contributed by atoms with van der Waals surface area (Å²) in [6, 6.07) is 13.7. The Balaban J connectivity index is 1.58. The molecule has 1 aliphatic heterocycles. The lowest BCUT2D eigenvalue weighted by molar-refractivity contribution is -0.119. The fraction of sp³-hybridized carbons (Fsp3) is 0.286. The van der Waals surface area contributed by atoms with E-state index in [1.165, 1.54) is 0 Å². The van der Waals surface area contributed by atoms with E-state index in [2.05, 4.69) is 5.32 Å². The third-order valence-corrected chi connectivity index (χ3v) is 4.27. The third-order valence-electron chi connectivity index (χ3n) is 4.27. The van der Waals surface area contributed by atoms with Gasteiger partial charge in [-0.05, 0) is 49.7 Å². The van der Waals surface area contributed by atoms with Crippen molar-refractivity contribution < 1.29 is 23.9 Å². The highest BCUT2D eigenvalue weighted by atomic mass is 16.5. The minimum Gasteiger partial charge on any atom is -0.494 e. The van der Waals surface area contributed by atoms with Crippen LogP contribution >= 0.6 is 0 Å². The Hall–Kier alpha value is -3.35. The number of nitrogens with one attached hydrogen (secondary N) is 1. The number of hydrogen-bond acceptors (Lipinski definition) is 5. The van der Waals surface area contributed by atoms with Crippen LogP contribution in [0.5, 0.6) is 5.75 Å². The summed E-state index contributed by atoms with van der Waals surface area (Å²) in [6.07, 6.45) is 1.22. The van der Waals surface area contributed by atoms with Gasteiger partial charge in [-0.2, -0.15) is 0 Å². The molecule has 1 fully saturated rings. The molecule has 0 aliphatic carbocycles. The van der Waals surface area contributed by atoms with E-state index in [-0.39, 0.29) is 11.5 Å². The van der Waals surface area contributed by atoms with E-state index in [9.17, 15) is 14.4 Å². The van der Waals surface area contributed by atoms with Gasteiger partial charge in [0.25, 0.3) is 5.91 Å². The van der Waals surface area contributed by atoms with E-state index in [4.69, 9.17) is 9.47 Å². The summed E-state index contributed by atoms with van der Waals surface area (Å²) >= 11 is 0. The molecule has 7 heteroatoms. The zero-order valence-corrected chi connectivity index (χ0v) is 15.6. The Bertz CT molecular complexity index is 863. The lowest BCUT2D eigenvalue weighted by Gasteiger charge is -2.18. The van der Waals surface area contributed by atoms with Crippen LogP contribution in [0.3, 0.4) is 0 Å². The van der Waals surface area contributed by atoms with Crippen molar-refractivity contribution in [3.63, 3.8) is 0 Å². The van der Waals surface area contributed by atoms with E-state index in [1.54, 1.807) is 53.4 Å². The van der Waals surface area contributed by atoms with Crippen molar-refractivity contribution in [2.45, 2.75) is 19.8 Å². The van der Waals surface area contributed by atoms with Crippen molar-refractivity contribution in [2.75, 3.05) is 30.0 Å². The van der Waals surface area contributed by atoms with Gasteiger partial charge in [-0.1, -0.05) is 12.1 Å². The highest BCUT2D eigenvalue weighted by molar-refractivity contribution is 6.04. The first kappa shape index (κ1) is 19.4. The summed E-state index contributed by atoms with van der Waals surface area (Å²) in [7, 11) is 0. The molecule has 7 nitrogen and oxygen atoms in total. The Kier molecular flexibility index (Phi) is 6.26. The lowest BCUT2D eigenvalue weighted by atomic mass is 10.1. The molecule has 0 atom stereocenters. The number of esters is 1. The molecule has 1 heterocycles. The predicted molar refractivity (Wildman–Crippen MR) is 105 cm³/mol. The smallest absolute Gasteiger partial charge is 0.340 e. The molecule has 0 radical (unpaired) electrons. The molecule has 0 aromatic heterocycles. The molecular weight excluding hydrogens is 360 g/mol. The Labute approximate surface area is 163 Å². The molecule has 0 spiro atoms. The highest BCUT2D eigenvalue weighted by Gasteiger charge is 2.26. The number of carbonyl (C=O) groups excluding carboxylic acids is 3. The predicted octanol–water partition coefficient (Wildman–Crippen LogP) is 3.01. The number of benzene rings is 2. The van der Waals surface area contributed by atoms with Gasteiger partial charge in [0, 0.05) is 18.7 Å². The van der Waals surface area contributed by atoms with Crippen molar-refractivity contribution in [1.82, 2.24) is 0 Å². The molecule has 28 heavy (non-hydrogen) atoms. The van der Waals surface area contributed by atoms with Gasteiger partial charge in [0.05, 0.1) is 17.9 Å². The van der Waals surface area contributed by atoms with Crippen molar-refractivity contribution in [3.05, 3.63) is 54.1 Å². The molecule has 2 aromatic carbocycles. The average molecular weight is 382 g/mol. The molecule has 146 valence electrons. The zero-order valence-electron chi connectivity index (χ0n) is 15.6. The first-order valence-corrected chi connectivity index (χ1v) is 9.17. The topological polar surface area (TPSA) is 84.9 Å². The SMILES string of the molecule is CCOc1ccc(NC(=O)COC(=O)c2ccccc2N2CCCC2=O)cc1. The number of amides is 2. The van der Waals surface area contributed by atoms with E-state index < -0.39 is 18.5 Å². The van der Waals surface area contributed by atoms with Gasteiger partial charge in [0.15, 0.2) is 6.61 Å². The van der Waals surface area contributed by atoms with Crippen LogP contribution in [0.25, 0.3) is 0 Å². The second-order valence-electron chi connectivity index (χ2n) is 6.25. The summed E-state index contributed by atoms with van der Waals surface area (Å²) in [5, 5.41) is 2.66. The minimum atomic E-state index is -0.642. The summed E-state index contributed by atoms with van der Waals surface area (Å²) in [6.45, 7) is 2.60. The summed E-state index contributed by atoms with van der Waals surface area (Å²) in [5.41, 5.74) is 1.36. The number of nitrogens with zero attached hydrogens (tertiary/aromatic N) is 1. The molecule has 2 amide bonds. The molecule has 1 aliphatic rings. The number of rotatable bonds is 7. The van der Waals surface area contributed by atoms with Gasteiger partial charge in [-0.15, -0.1) is 0 Å². The van der Waals surface area contributed by atoms with Crippen LogP contribution in [0, 0.1) is 0 Å². The average Bonchev–Trinajstić information content (AvgIpc) is 3.13. The number of anilines is 2. The molecule has 1 saturated heterocycles. The van der Waals surface area contributed by atoms with Gasteiger partial charge in [-0.25, -0.2) is 4.79 Å². The molecule has 0 saturated carbocycles. The first-order valence-electron chi connectivity index (χ1n) is 9.17. The monoisotopic (exact) mass is 382 g/mol. The fourth-order valence-electron chi connectivity index (χ4n) is 2.99. The second-order valence-corrected chi connectivity index (χ2v) is 6.25. The van der Waals surface area contributed by atoms with Crippen molar-refractivity contribution >= 4 is 29.2 Å². The largest absolute Gasteiger partial charge is 0.494 e. The van der Waals surface area contributed by atoms with Gasteiger partial charge < -0.3 is 19.7 Å². The maximum absolute atomic E-state index is 12.4. The van der Waals surface area contributed by atoms with Crippen LogP contribution in [-0.2, 0) is 14.3 Å². The fourth-order valence-corrected chi connectivity index (χ4v) is 2.99. The molecule has 2 aromatic rings. The Morgan fingerprint density at radius 1 is 1.11 bits per heavy atom. The Morgan fingerprint density at radius 3 is 2.54 bits per heavy atom. The van der Waals surface area contributed by atoms with Crippen LogP contribution in [0.15, 0.2) is 48.5 Å². The normalized spacial score (nSPS) is 13.3. The van der Waals surface area contributed by atoms with E-state index in [1.807, 2.05) is 6.92 Å². The summed E-state index contributed by atoms with van der Waals surface area (Å²) in [4.78, 5) is 38.1. The Morgan fingerprint density at radius 2 is 1.86 bits per heavy atom. The lowest BCUT2D eigenvalue weighted by Crippen LogP contribution is -2.27. The van der Waals surface area contributed by atoms with Crippen LogP contribution < -0.4 is 15.0 Å². The summed E-state index contributed by atoms with van der Waals surface area (Å²) in [5.74, 6) is -0.405. The van der Waals surface area contributed by atoms with Crippen LogP contribution in [-0.4, -0.2) is 37.5 Å². The third kappa shape index (κ3) is 4.68. The van der Waals surface area contributed by atoms with Gasteiger partial charge >= 0.3 is 5.97 Å².